The van der Waals surface area contributed by atoms with Gasteiger partial charge in [0, 0.05) is 31.1 Å². The molecule has 0 aromatic heterocycles. The van der Waals surface area contributed by atoms with Gasteiger partial charge in [0.25, 0.3) is 0 Å². The van der Waals surface area contributed by atoms with Crippen molar-refractivity contribution < 1.29 is 14.4 Å². The van der Waals surface area contributed by atoms with Crippen LogP contribution in [0.4, 0.5) is 0 Å². The van der Waals surface area contributed by atoms with Gasteiger partial charge in [-0.25, -0.2) is 0 Å². The summed E-state index contributed by atoms with van der Waals surface area (Å²) in [6.45, 7) is 13.5. The predicted octanol–water partition coefficient (Wildman–Crippen LogP) is 2.99. The molecule has 0 bridgehead atoms. The lowest BCUT2D eigenvalue weighted by atomic mass is 9.76. The smallest absolute Gasteiger partial charge is 0.246 e. The topological polar surface area (TPSA) is 103 Å². The first-order valence-electron chi connectivity index (χ1n) is 13.6. The highest BCUT2D eigenvalue weighted by molar-refractivity contribution is 5.93. The van der Waals surface area contributed by atoms with E-state index in [2.05, 4.69) is 21.3 Å². The van der Waals surface area contributed by atoms with Gasteiger partial charge in [0.1, 0.15) is 6.04 Å². The van der Waals surface area contributed by atoms with Crippen LogP contribution in [0, 0.1) is 5.41 Å². The molecule has 0 aliphatic heterocycles. The summed E-state index contributed by atoms with van der Waals surface area (Å²) in [5.41, 5.74) is 0.579. The summed E-state index contributed by atoms with van der Waals surface area (Å²) in [7, 11) is 5.39. The number of benzene rings is 1. The molecule has 1 rings (SSSR count). The van der Waals surface area contributed by atoms with E-state index in [0.29, 0.717) is 12.1 Å². The molecule has 0 saturated carbocycles. The maximum absolute atomic E-state index is 13.5. The minimum Gasteiger partial charge on any atom is -0.352 e. The second-order valence-electron chi connectivity index (χ2n) is 11.6. The minimum absolute atomic E-state index is 0.125. The standard InChI is InChI=1S/C30H51N5O3/c1-22(26(36)33-20-15-11-14-19-31-7)18-21-35(9)28(38)25(29(2,3)4)34-27(37)24(32-8)30(5,6)23-16-12-10-13-17-23/h10,12-13,16-18,24-25,31-32H,11,14-15,19-21H2,1-9H3,(H,33,36)(H,34,37)/b22-18+/t24-,25-/m1/s1. The number of nitrogens with one attached hydrogen (secondary N) is 4. The van der Waals surface area contributed by atoms with E-state index >= 15 is 0 Å². The summed E-state index contributed by atoms with van der Waals surface area (Å²) >= 11 is 0. The number of carbonyl (C=O) groups excluding carboxylic acids is 3. The molecular weight excluding hydrogens is 478 g/mol. The SMILES string of the molecule is CNCCCCCNC(=O)/C(C)=C/CN(C)C(=O)[C@@H](NC(=O)[C@@H](NC)C(C)(C)c1ccccc1)C(C)(C)C. The van der Waals surface area contributed by atoms with Crippen molar-refractivity contribution in [2.75, 3.05) is 40.8 Å². The molecule has 0 aliphatic rings. The molecule has 2 atom stereocenters. The molecule has 1 aromatic rings. The molecule has 4 N–H and O–H groups in total. The summed E-state index contributed by atoms with van der Waals surface area (Å²) in [5, 5.41) is 12.2. The first-order valence-corrected chi connectivity index (χ1v) is 13.6. The average Bonchev–Trinajstić information content (AvgIpc) is 2.87. The van der Waals surface area contributed by atoms with Crippen LogP contribution in [0.2, 0.25) is 0 Å². The zero-order chi connectivity index (χ0) is 28.9. The Bertz CT molecular complexity index is 922. The summed E-state index contributed by atoms with van der Waals surface area (Å²) in [6, 6.07) is 8.60. The Balaban J connectivity index is 2.86. The van der Waals surface area contributed by atoms with Gasteiger partial charge in [-0.15, -0.1) is 0 Å². The van der Waals surface area contributed by atoms with Gasteiger partial charge in [0.15, 0.2) is 0 Å². The van der Waals surface area contributed by atoms with Gasteiger partial charge >= 0.3 is 0 Å². The van der Waals surface area contributed by atoms with Crippen molar-refractivity contribution in [3.05, 3.63) is 47.5 Å². The van der Waals surface area contributed by atoms with Crippen LogP contribution in [-0.4, -0.2) is 75.5 Å². The quantitative estimate of drug-likeness (QED) is 0.207. The highest BCUT2D eigenvalue weighted by atomic mass is 16.2. The zero-order valence-corrected chi connectivity index (χ0v) is 25.0. The molecular formula is C30H51N5O3. The predicted molar refractivity (Wildman–Crippen MR) is 156 cm³/mol. The Hall–Kier alpha value is -2.71. The van der Waals surface area contributed by atoms with Crippen LogP contribution in [-0.2, 0) is 19.8 Å². The zero-order valence-electron chi connectivity index (χ0n) is 25.0. The van der Waals surface area contributed by atoms with Gasteiger partial charge in [0.05, 0.1) is 6.04 Å². The Morgan fingerprint density at radius 1 is 0.921 bits per heavy atom. The number of nitrogens with zero attached hydrogens (tertiary/aromatic N) is 1. The normalized spacial score (nSPS) is 14.0. The monoisotopic (exact) mass is 529 g/mol. The van der Waals surface area contributed by atoms with Crippen molar-refractivity contribution in [1.82, 2.24) is 26.2 Å². The fourth-order valence-electron chi connectivity index (χ4n) is 4.35. The summed E-state index contributed by atoms with van der Waals surface area (Å²) in [5.74, 6) is -0.559. The first-order chi connectivity index (χ1) is 17.8. The molecule has 0 aliphatic carbocycles. The van der Waals surface area contributed by atoms with E-state index in [1.54, 1.807) is 32.0 Å². The third-order valence-corrected chi connectivity index (χ3v) is 6.98. The van der Waals surface area contributed by atoms with E-state index in [9.17, 15) is 14.4 Å². The van der Waals surface area contributed by atoms with E-state index in [1.807, 2.05) is 72.0 Å². The van der Waals surface area contributed by atoms with Crippen molar-refractivity contribution in [2.24, 2.45) is 5.41 Å². The number of hydrogen-bond donors (Lipinski definition) is 4. The molecule has 8 heteroatoms. The highest BCUT2D eigenvalue weighted by Gasteiger charge is 2.40. The molecule has 0 fully saturated rings. The maximum Gasteiger partial charge on any atom is 0.246 e. The fourth-order valence-corrected chi connectivity index (χ4v) is 4.35. The summed E-state index contributed by atoms with van der Waals surface area (Å²) in [4.78, 5) is 41.0. The van der Waals surface area contributed by atoms with Gasteiger partial charge in [0.2, 0.25) is 17.7 Å². The van der Waals surface area contributed by atoms with Crippen molar-refractivity contribution in [3.8, 4) is 0 Å². The van der Waals surface area contributed by atoms with Crippen LogP contribution < -0.4 is 21.3 Å². The van der Waals surface area contributed by atoms with Gasteiger partial charge in [-0.3, -0.25) is 14.4 Å². The van der Waals surface area contributed by atoms with Gasteiger partial charge in [-0.1, -0.05) is 77.4 Å². The molecule has 214 valence electrons. The highest BCUT2D eigenvalue weighted by Crippen LogP contribution is 2.28. The number of hydrogen-bond acceptors (Lipinski definition) is 5. The lowest BCUT2D eigenvalue weighted by Crippen LogP contribution is -2.60. The number of likely N-dealkylation sites (N-methyl/N-ethyl adjacent to an activating group) is 2. The minimum atomic E-state index is -0.734. The third-order valence-electron chi connectivity index (χ3n) is 6.98. The van der Waals surface area contributed by atoms with Crippen LogP contribution >= 0.6 is 0 Å². The molecule has 0 saturated heterocycles. The van der Waals surface area contributed by atoms with E-state index in [4.69, 9.17) is 0 Å². The van der Waals surface area contributed by atoms with Crippen LogP contribution in [0.15, 0.2) is 42.0 Å². The van der Waals surface area contributed by atoms with Gasteiger partial charge in [-0.05, 0) is 51.4 Å². The van der Waals surface area contributed by atoms with Crippen LogP contribution in [0.1, 0.15) is 66.4 Å². The van der Waals surface area contributed by atoms with Crippen molar-refractivity contribution >= 4 is 17.7 Å². The molecule has 0 radical (unpaired) electrons. The Kier molecular flexibility index (Phi) is 13.7. The average molecular weight is 530 g/mol. The maximum atomic E-state index is 13.5. The van der Waals surface area contributed by atoms with Crippen LogP contribution in [0.25, 0.3) is 0 Å². The molecule has 3 amide bonds. The fraction of sp³-hybridized carbons (Fsp3) is 0.633. The Morgan fingerprint density at radius 2 is 1.53 bits per heavy atom. The number of unbranched alkanes of at least 4 members (excludes halogenated alkanes) is 2. The molecule has 38 heavy (non-hydrogen) atoms. The van der Waals surface area contributed by atoms with E-state index in [1.165, 1.54) is 0 Å². The van der Waals surface area contributed by atoms with Gasteiger partial charge in [-0.2, -0.15) is 0 Å². The third kappa shape index (κ3) is 10.2. The number of rotatable bonds is 15. The van der Waals surface area contributed by atoms with E-state index in [-0.39, 0.29) is 24.3 Å². The lowest BCUT2D eigenvalue weighted by Gasteiger charge is -2.38. The van der Waals surface area contributed by atoms with Gasteiger partial charge < -0.3 is 26.2 Å². The molecule has 0 unspecified atom stereocenters. The van der Waals surface area contributed by atoms with Crippen molar-refractivity contribution in [1.29, 1.82) is 0 Å². The molecule has 0 spiro atoms. The Morgan fingerprint density at radius 3 is 2.08 bits per heavy atom. The van der Waals surface area contributed by atoms with E-state index in [0.717, 1.165) is 31.4 Å². The largest absolute Gasteiger partial charge is 0.352 e. The van der Waals surface area contributed by atoms with Crippen molar-refractivity contribution in [2.45, 2.75) is 78.3 Å². The van der Waals surface area contributed by atoms with Crippen LogP contribution in [0.5, 0.6) is 0 Å². The summed E-state index contributed by atoms with van der Waals surface area (Å²) in [6.07, 6.45) is 4.82. The summed E-state index contributed by atoms with van der Waals surface area (Å²) < 4.78 is 0. The number of amides is 3. The second kappa shape index (κ2) is 15.6. The molecule has 1 aromatic carbocycles. The van der Waals surface area contributed by atoms with E-state index < -0.39 is 22.9 Å². The first kappa shape index (κ1) is 33.3. The Labute approximate surface area is 230 Å². The molecule has 0 heterocycles. The number of carbonyl (C=O) groups is 3. The van der Waals surface area contributed by atoms with Crippen LogP contribution in [0.3, 0.4) is 0 Å². The van der Waals surface area contributed by atoms with Crippen molar-refractivity contribution in [3.63, 3.8) is 0 Å². The molecule has 8 nitrogen and oxygen atoms in total. The lowest BCUT2D eigenvalue weighted by molar-refractivity contribution is -0.139. The second-order valence-corrected chi connectivity index (χ2v) is 11.6.